The Hall–Kier alpha value is -1.29. The number of carbonyl (C=O) groups is 1. The maximum absolute atomic E-state index is 11.5. The Labute approximate surface area is 77.5 Å². The molecule has 0 spiro atoms. The Morgan fingerprint density at radius 2 is 2.08 bits per heavy atom. The lowest BCUT2D eigenvalue weighted by Gasteiger charge is -2.21. The Bertz CT molecular complexity index is 310. The maximum atomic E-state index is 11.5. The van der Waals surface area contributed by atoms with Gasteiger partial charge in [0.2, 0.25) is 0 Å². The molecule has 2 N–H and O–H groups in total. The third kappa shape index (κ3) is 2.91. The molecule has 0 bridgehead atoms. The molecule has 0 atom stereocenters. The van der Waals surface area contributed by atoms with Gasteiger partial charge in [-0.2, -0.15) is 0 Å². The van der Waals surface area contributed by atoms with Crippen molar-refractivity contribution in [2.45, 2.75) is 0 Å². The van der Waals surface area contributed by atoms with Gasteiger partial charge in [0.05, 0.1) is 21.1 Å². The minimum Gasteiger partial charge on any atom is -0.438 e. The molecule has 0 saturated heterocycles. The molecule has 0 aliphatic carbocycles. The van der Waals surface area contributed by atoms with Gasteiger partial charge in [-0.25, -0.2) is 0 Å². The summed E-state index contributed by atoms with van der Waals surface area (Å²) in [5.41, 5.74) is 5.36. The summed E-state index contributed by atoms with van der Waals surface area (Å²) < 4.78 is 5.59. The van der Waals surface area contributed by atoms with Crippen LogP contribution in [0.4, 0.5) is 5.88 Å². The number of hydrogen-bond donors (Lipinski definition) is 1. The first-order valence-electron chi connectivity index (χ1n) is 4.07. The van der Waals surface area contributed by atoms with Gasteiger partial charge in [-0.3, -0.25) is 4.79 Å². The van der Waals surface area contributed by atoms with Crippen LogP contribution in [0.3, 0.4) is 0 Å². The molecule has 0 radical (unpaired) electrons. The van der Waals surface area contributed by atoms with Gasteiger partial charge in [-0.1, -0.05) is 0 Å². The highest BCUT2D eigenvalue weighted by atomic mass is 16.4. The summed E-state index contributed by atoms with van der Waals surface area (Å²) in [6, 6.07) is 3.19. The van der Waals surface area contributed by atoms with Gasteiger partial charge in [0.1, 0.15) is 6.54 Å². The number of hydrogen-bond acceptors (Lipinski definition) is 3. The number of ketones is 1. The molecular weight excluding hydrogens is 168 g/mol. The second-order valence-corrected chi connectivity index (χ2v) is 4.07. The minimum absolute atomic E-state index is 0.0239. The summed E-state index contributed by atoms with van der Waals surface area (Å²) in [5.74, 6) is 0.597. The number of carbonyl (C=O) groups excluding carboxylic acids is 1. The topological polar surface area (TPSA) is 56.2 Å². The van der Waals surface area contributed by atoms with Gasteiger partial charge in [0.25, 0.3) is 5.78 Å². The smallest absolute Gasteiger partial charge is 0.251 e. The number of quaternary nitrogens is 1. The van der Waals surface area contributed by atoms with Crippen LogP contribution in [0.5, 0.6) is 0 Å². The highest BCUT2D eigenvalue weighted by molar-refractivity contribution is 5.94. The Balaban J connectivity index is 2.70. The van der Waals surface area contributed by atoms with E-state index < -0.39 is 0 Å². The molecule has 0 unspecified atom stereocenters. The summed E-state index contributed by atoms with van der Waals surface area (Å²) in [6.07, 6.45) is 0. The minimum atomic E-state index is -0.0239. The predicted molar refractivity (Wildman–Crippen MR) is 50.4 cm³/mol. The number of furan rings is 1. The summed E-state index contributed by atoms with van der Waals surface area (Å²) in [7, 11) is 5.85. The van der Waals surface area contributed by atoms with Crippen molar-refractivity contribution in [1.29, 1.82) is 0 Å². The largest absolute Gasteiger partial charge is 0.438 e. The van der Waals surface area contributed by atoms with E-state index in [4.69, 9.17) is 10.2 Å². The number of Topliss-reactive ketones (excluding diaryl/α,β-unsaturated/α-hetero) is 1. The number of rotatable bonds is 3. The van der Waals surface area contributed by atoms with Crippen LogP contribution in [0, 0.1) is 0 Å². The van der Waals surface area contributed by atoms with E-state index in [-0.39, 0.29) is 11.7 Å². The average Bonchev–Trinajstić information content (AvgIpc) is 2.31. The van der Waals surface area contributed by atoms with Gasteiger partial charge < -0.3 is 14.6 Å². The second kappa shape index (κ2) is 3.22. The molecular formula is C9H15N2O2+. The van der Waals surface area contributed by atoms with Crippen LogP contribution < -0.4 is 5.73 Å². The molecule has 0 aliphatic rings. The molecule has 1 aromatic heterocycles. The van der Waals surface area contributed by atoms with Crippen molar-refractivity contribution in [2.24, 2.45) is 0 Å². The predicted octanol–water partition coefficient (Wildman–Crippen LogP) is 0.751. The number of nitrogens with two attached hydrogens (primary N) is 1. The van der Waals surface area contributed by atoms with E-state index in [1.165, 1.54) is 0 Å². The standard InChI is InChI=1S/C9H14N2O2/c1-11(2,3)6-7(12)8-4-5-9(10)13-8/h4-5H,6H2,1-3H3,(H-,10,12)/p+1. The number of anilines is 1. The van der Waals surface area contributed by atoms with E-state index >= 15 is 0 Å². The van der Waals surface area contributed by atoms with Crippen LogP contribution in [0.15, 0.2) is 16.5 Å². The van der Waals surface area contributed by atoms with E-state index in [1.54, 1.807) is 12.1 Å². The van der Waals surface area contributed by atoms with Crippen molar-refractivity contribution in [3.05, 3.63) is 17.9 Å². The lowest BCUT2D eigenvalue weighted by atomic mass is 10.3. The van der Waals surface area contributed by atoms with Gasteiger partial charge in [-0.15, -0.1) is 0 Å². The molecule has 0 aliphatic heterocycles. The summed E-state index contributed by atoms with van der Waals surface area (Å²) in [4.78, 5) is 11.5. The van der Waals surface area contributed by atoms with Gasteiger partial charge in [0, 0.05) is 6.07 Å². The van der Waals surface area contributed by atoms with Crippen LogP contribution in [0.1, 0.15) is 10.6 Å². The molecule has 1 heterocycles. The van der Waals surface area contributed by atoms with E-state index in [0.717, 1.165) is 0 Å². The van der Waals surface area contributed by atoms with E-state index in [0.29, 0.717) is 16.8 Å². The zero-order valence-electron chi connectivity index (χ0n) is 8.20. The fourth-order valence-electron chi connectivity index (χ4n) is 1.01. The lowest BCUT2D eigenvalue weighted by molar-refractivity contribution is -0.861. The fraction of sp³-hybridized carbons (Fsp3) is 0.444. The molecule has 4 nitrogen and oxygen atoms in total. The first-order chi connectivity index (χ1) is 5.88. The number of likely N-dealkylation sites (N-methyl/N-ethyl adjacent to an activating group) is 1. The normalized spacial score (nSPS) is 11.6. The number of nitrogen functional groups attached to an aromatic ring is 1. The zero-order chi connectivity index (χ0) is 10.1. The molecule has 0 saturated carbocycles. The molecule has 0 fully saturated rings. The van der Waals surface area contributed by atoms with Gasteiger partial charge in [-0.05, 0) is 6.07 Å². The van der Waals surface area contributed by atoms with Crippen molar-refractivity contribution >= 4 is 11.7 Å². The molecule has 4 heteroatoms. The van der Waals surface area contributed by atoms with Crippen LogP contribution in [-0.2, 0) is 0 Å². The SMILES string of the molecule is C[N+](C)(C)CC(=O)c1ccc(N)o1. The van der Waals surface area contributed by atoms with Crippen LogP contribution in [-0.4, -0.2) is 38.0 Å². The third-order valence-electron chi connectivity index (χ3n) is 1.52. The van der Waals surface area contributed by atoms with E-state index in [1.807, 2.05) is 21.1 Å². The zero-order valence-corrected chi connectivity index (χ0v) is 8.20. The van der Waals surface area contributed by atoms with Crippen LogP contribution in [0.2, 0.25) is 0 Å². The van der Waals surface area contributed by atoms with Gasteiger partial charge in [0.15, 0.2) is 11.6 Å². The van der Waals surface area contributed by atoms with Crippen molar-refractivity contribution < 1.29 is 13.7 Å². The van der Waals surface area contributed by atoms with E-state index in [2.05, 4.69) is 0 Å². The first kappa shape index (κ1) is 9.80. The Morgan fingerprint density at radius 1 is 1.46 bits per heavy atom. The summed E-state index contributed by atoms with van der Waals surface area (Å²) in [6.45, 7) is 0.410. The average molecular weight is 183 g/mol. The van der Waals surface area contributed by atoms with E-state index in [9.17, 15) is 4.79 Å². The van der Waals surface area contributed by atoms with Crippen molar-refractivity contribution in [1.82, 2.24) is 0 Å². The van der Waals surface area contributed by atoms with Crippen molar-refractivity contribution in [3.8, 4) is 0 Å². The number of nitrogens with zero attached hydrogens (tertiary/aromatic N) is 1. The fourth-order valence-corrected chi connectivity index (χ4v) is 1.01. The Morgan fingerprint density at radius 3 is 2.46 bits per heavy atom. The van der Waals surface area contributed by atoms with Crippen LogP contribution in [0.25, 0.3) is 0 Å². The Kier molecular flexibility index (Phi) is 2.43. The second-order valence-electron chi connectivity index (χ2n) is 4.07. The quantitative estimate of drug-likeness (QED) is 0.555. The van der Waals surface area contributed by atoms with Crippen molar-refractivity contribution in [3.63, 3.8) is 0 Å². The molecule has 0 aromatic carbocycles. The summed E-state index contributed by atoms with van der Waals surface area (Å²) >= 11 is 0. The summed E-state index contributed by atoms with van der Waals surface area (Å²) in [5, 5.41) is 0. The van der Waals surface area contributed by atoms with Crippen LogP contribution >= 0.6 is 0 Å². The van der Waals surface area contributed by atoms with Gasteiger partial charge >= 0.3 is 0 Å². The molecule has 72 valence electrons. The monoisotopic (exact) mass is 183 g/mol. The highest BCUT2D eigenvalue weighted by Crippen LogP contribution is 2.10. The molecule has 1 aromatic rings. The highest BCUT2D eigenvalue weighted by Gasteiger charge is 2.18. The van der Waals surface area contributed by atoms with Crippen molar-refractivity contribution in [2.75, 3.05) is 33.4 Å². The third-order valence-corrected chi connectivity index (χ3v) is 1.52. The molecule has 1 rings (SSSR count). The molecule has 13 heavy (non-hydrogen) atoms. The lowest BCUT2D eigenvalue weighted by Crippen LogP contribution is -2.39. The molecule has 0 amide bonds. The first-order valence-corrected chi connectivity index (χ1v) is 4.07. The maximum Gasteiger partial charge on any atom is 0.251 e.